The van der Waals surface area contributed by atoms with E-state index in [0.717, 1.165) is 33.3 Å². The number of nitrogens with one attached hydrogen (secondary N) is 1. The molecule has 1 N–H and O–H groups in total. The van der Waals surface area contributed by atoms with Gasteiger partial charge in [-0.15, -0.1) is 10.2 Å². The Labute approximate surface area is 200 Å². The minimum Gasteiger partial charge on any atom is -0.377 e. The van der Waals surface area contributed by atoms with Gasteiger partial charge in [-0.25, -0.2) is 0 Å². The van der Waals surface area contributed by atoms with Crippen molar-refractivity contribution in [3.8, 4) is 5.69 Å². The van der Waals surface area contributed by atoms with Crippen LogP contribution in [0.15, 0.2) is 102 Å². The number of thioether (sulfide) groups is 1. The number of rotatable bonds is 8. The second-order valence-electron chi connectivity index (χ2n) is 7.66. The summed E-state index contributed by atoms with van der Waals surface area (Å²) in [7, 11) is 0. The van der Waals surface area contributed by atoms with Gasteiger partial charge in [0.2, 0.25) is 0 Å². The van der Waals surface area contributed by atoms with Gasteiger partial charge in [0.25, 0.3) is 5.69 Å². The SMILES string of the molecule is O=[N+]([O-])c1ccc(CSc2nnc(CNc3cccc4ccccc34)n2-c2ccccc2)cc1. The van der Waals surface area contributed by atoms with Crippen molar-refractivity contribution in [1.82, 2.24) is 14.8 Å². The number of nitrogens with zero attached hydrogens (tertiary/aromatic N) is 4. The number of benzene rings is 4. The number of aromatic nitrogens is 3. The third-order valence-corrected chi connectivity index (χ3v) is 6.46. The molecule has 0 unspecified atom stereocenters. The fourth-order valence-electron chi connectivity index (χ4n) is 3.76. The van der Waals surface area contributed by atoms with Crippen LogP contribution in [0.4, 0.5) is 11.4 Å². The van der Waals surface area contributed by atoms with Crippen molar-refractivity contribution in [3.63, 3.8) is 0 Å². The van der Waals surface area contributed by atoms with Crippen LogP contribution in [0.25, 0.3) is 16.5 Å². The van der Waals surface area contributed by atoms with Crippen LogP contribution in [0.1, 0.15) is 11.4 Å². The van der Waals surface area contributed by atoms with Crippen LogP contribution < -0.4 is 5.32 Å². The van der Waals surface area contributed by atoms with Gasteiger partial charge in [-0.3, -0.25) is 14.7 Å². The van der Waals surface area contributed by atoms with Crippen molar-refractivity contribution >= 4 is 33.9 Å². The Kier molecular flexibility index (Phi) is 6.22. The van der Waals surface area contributed by atoms with Gasteiger partial charge >= 0.3 is 0 Å². The lowest BCUT2D eigenvalue weighted by Gasteiger charge is -2.12. The molecule has 0 bridgehead atoms. The zero-order valence-corrected chi connectivity index (χ0v) is 19.0. The molecular weight excluding hydrogens is 446 g/mol. The molecule has 168 valence electrons. The third-order valence-electron chi connectivity index (χ3n) is 5.46. The summed E-state index contributed by atoms with van der Waals surface area (Å²) in [6, 6.07) is 31.1. The number of nitro benzene ring substituents is 1. The highest BCUT2D eigenvalue weighted by Gasteiger charge is 2.15. The van der Waals surface area contributed by atoms with Crippen LogP contribution in [0, 0.1) is 10.1 Å². The molecule has 5 aromatic rings. The summed E-state index contributed by atoms with van der Waals surface area (Å²) in [5.41, 5.74) is 3.09. The topological polar surface area (TPSA) is 85.9 Å². The van der Waals surface area contributed by atoms with Crippen LogP contribution in [-0.4, -0.2) is 19.7 Å². The Balaban J connectivity index is 1.40. The van der Waals surface area contributed by atoms with Crippen molar-refractivity contribution in [2.24, 2.45) is 0 Å². The minimum atomic E-state index is -0.391. The summed E-state index contributed by atoms with van der Waals surface area (Å²) >= 11 is 1.55. The normalized spacial score (nSPS) is 10.9. The molecule has 0 radical (unpaired) electrons. The van der Waals surface area contributed by atoms with Gasteiger partial charge in [0.05, 0.1) is 11.5 Å². The number of para-hydroxylation sites is 1. The largest absolute Gasteiger partial charge is 0.377 e. The Morgan fingerprint density at radius 2 is 1.59 bits per heavy atom. The Hall–Kier alpha value is -4.17. The number of fused-ring (bicyclic) bond motifs is 1. The van der Waals surface area contributed by atoms with Crippen molar-refractivity contribution in [2.75, 3.05) is 5.32 Å². The highest BCUT2D eigenvalue weighted by molar-refractivity contribution is 7.98. The van der Waals surface area contributed by atoms with Crippen molar-refractivity contribution in [3.05, 3.63) is 119 Å². The molecule has 7 nitrogen and oxygen atoms in total. The Morgan fingerprint density at radius 1 is 0.853 bits per heavy atom. The van der Waals surface area contributed by atoms with Gasteiger partial charge in [-0.05, 0) is 29.1 Å². The molecule has 0 aliphatic carbocycles. The van der Waals surface area contributed by atoms with E-state index >= 15 is 0 Å². The fourth-order valence-corrected chi connectivity index (χ4v) is 4.69. The smallest absolute Gasteiger partial charge is 0.269 e. The maximum absolute atomic E-state index is 10.9. The molecule has 0 saturated heterocycles. The first-order valence-corrected chi connectivity index (χ1v) is 11.7. The van der Waals surface area contributed by atoms with E-state index in [4.69, 9.17) is 0 Å². The average Bonchev–Trinajstić information content (AvgIpc) is 3.29. The number of hydrogen-bond donors (Lipinski definition) is 1. The van der Waals surface area contributed by atoms with Crippen LogP contribution in [0.5, 0.6) is 0 Å². The first-order valence-electron chi connectivity index (χ1n) is 10.8. The molecule has 0 spiro atoms. The second kappa shape index (κ2) is 9.76. The third kappa shape index (κ3) is 4.62. The van der Waals surface area contributed by atoms with Gasteiger partial charge in [0.1, 0.15) is 0 Å². The number of non-ortho nitro benzene ring substituents is 1. The standard InChI is InChI=1S/C26H21N5O2S/c32-31(33)22-15-13-19(14-16-22)18-34-26-29-28-25(30(26)21-9-2-1-3-10-21)17-27-24-12-6-8-20-7-4-5-11-23(20)24/h1-16,27H,17-18H2. The van der Waals surface area contributed by atoms with E-state index in [1.54, 1.807) is 23.9 Å². The summed E-state index contributed by atoms with van der Waals surface area (Å²) < 4.78 is 2.05. The van der Waals surface area contributed by atoms with Gasteiger partial charge in [-0.1, -0.05) is 78.5 Å². The van der Waals surface area contributed by atoms with Gasteiger partial charge in [-0.2, -0.15) is 0 Å². The van der Waals surface area contributed by atoms with Crippen LogP contribution >= 0.6 is 11.8 Å². The lowest BCUT2D eigenvalue weighted by molar-refractivity contribution is -0.384. The highest BCUT2D eigenvalue weighted by atomic mass is 32.2. The van der Waals surface area contributed by atoms with E-state index in [0.29, 0.717) is 12.3 Å². The van der Waals surface area contributed by atoms with Gasteiger partial charge in [0, 0.05) is 34.6 Å². The zero-order chi connectivity index (χ0) is 23.3. The molecule has 8 heteroatoms. The van der Waals surface area contributed by atoms with Crippen molar-refractivity contribution in [1.29, 1.82) is 0 Å². The molecular formula is C26H21N5O2S. The van der Waals surface area contributed by atoms with E-state index in [-0.39, 0.29) is 5.69 Å². The quantitative estimate of drug-likeness (QED) is 0.165. The Bertz CT molecular complexity index is 1430. The molecule has 0 atom stereocenters. The predicted octanol–water partition coefficient (Wildman–Crippen LogP) is 6.23. The summed E-state index contributed by atoms with van der Waals surface area (Å²) in [6.07, 6.45) is 0. The van der Waals surface area contributed by atoms with E-state index in [1.807, 2.05) is 53.1 Å². The molecule has 0 amide bonds. The zero-order valence-electron chi connectivity index (χ0n) is 18.2. The van der Waals surface area contributed by atoms with Crippen molar-refractivity contribution < 1.29 is 4.92 Å². The summed E-state index contributed by atoms with van der Waals surface area (Å²) in [5.74, 6) is 1.42. The summed E-state index contributed by atoms with van der Waals surface area (Å²) in [4.78, 5) is 10.5. The predicted molar refractivity (Wildman–Crippen MR) is 135 cm³/mol. The minimum absolute atomic E-state index is 0.0861. The maximum atomic E-state index is 10.9. The first-order chi connectivity index (χ1) is 16.7. The summed E-state index contributed by atoms with van der Waals surface area (Å²) in [5, 5.41) is 26.5. The van der Waals surface area contributed by atoms with Crippen molar-refractivity contribution in [2.45, 2.75) is 17.5 Å². The maximum Gasteiger partial charge on any atom is 0.269 e. The van der Waals surface area contributed by atoms with Crippen LogP contribution in [0.2, 0.25) is 0 Å². The van der Waals surface area contributed by atoms with E-state index in [1.165, 1.54) is 17.5 Å². The molecule has 1 aromatic heterocycles. The molecule has 0 aliphatic heterocycles. The van der Waals surface area contributed by atoms with E-state index in [9.17, 15) is 10.1 Å². The van der Waals surface area contributed by atoms with E-state index in [2.05, 4.69) is 39.8 Å². The highest BCUT2D eigenvalue weighted by Crippen LogP contribution is 2.28. The molecule has 1 heterocycles. The van der Waals surface area contributed by atoms with E-state index < -0.39 is 4.92 Å². The molecule has 5 rings (SSSR count). The first kappa shape index (κ1) is 21.7. The number of anilines is 1. The lowest BCUT2D eigenvalue weighted by Crippen LogP contribution is -2.08. The monoisotopic (exact) mass is 467 g/mol. The molecule has 0 saturated carbocycles. The summed E-state index contributed by atoms with van der Waals surface area (Å²) in [6.45, 7) is 0.508. The fraction of sp³-hybridized carbons (Fsp3) is 0.0769. The number of nitro groups is 1. The van der Waals surface area contributed by atoms with Crippen LogP contribution in [0.3, 0.4) is 0 Å². The number of hydrogen-bond acceptors (Lipinski definition) is 6. The van der Waals surface area contributed by atoms with Gasteiger partial charge in [0.15, 0.2) is 11.0 Å². The lowest BCUT2D eigenvalue weighted by atomic mass is 10.1. The molecule has 34 heavy (non-hydrogen) atoms. The van der Waals surface area contributed by atoms with Crippen LogP contribution in [-0.2, 0) is 12.3 Å². The Morgan fingerprint density at radius 3 is 2.38 bits per heavy atom. The molecule has 0 fully saturated rings. The average molecular weight is 468 g/mol. The molecule has 4 aromatic carbocycles. The molecule has 0 aliphatic rings. The van der Waals surface area contributed by atoms with Gasteiger partial charge < -0.3 is 5.32 Å². The second-order valence-corrected chi connectivity index (χ2v) is 8.60.